The zero-order valence-electron chi connectivity index (χ0n) is 16.4. The van der Waals surface area contributed by atoms with Gasteiger partial charge in [-0.25, -0.2) is 16.8 Å². The van der Waals surface area contributed by atoms with Gasteiger partial charge in [-0.15, -0.1) is 0 Å². The van der Waals surface area contributed by atoms with Crippen molar-refractivity contribution in [3.63, 3.8) is 0 Å². The summed E-state index contributed by atoms with van der Waals surface area (Å²) in [5.41, 5.74) is 3.28. The van der Waals surface area contributed by atoms with Crippen LogP contribution in [0.1, 0.15) is 42.0 Å². The molecule has 0 radical (unpaired) electrons. The maximum atomic E-state index is 13.2. The molecule has 0 unspecified atom stereocenters. The van der Waals surface area contributed by atoms with Crippen LogP contribution < -0.4 is 9.44 Å². The highest BCUT2D eigenvalue weighted by Crippen LogP contribution is 2.33. The fourth-order valence-corrected chi connectivity index (χ4v) is 5.46. The van der Waals surface area contributed by atoms with E-state index in [9.17, 15) is 16.8 Å². The Labute approximate surface area is 162 Å². The predicted octanol–water partition coefficient (Wildman–Crippen LogP) is 3.91. The van der Waals surface area contributed by atoms with Crippen LogP contribution in [0.4, 0.5) is 11.4 Å². The SMILES string of the molecule is Cc1cc(C)c(S(=O)(=O)Nc2ccccc2C(C)C)c(C)c1NS(C)(=O)=O. The van der Waals surface area contributed by atoms with E-state index >= 15 is 0 Å². The van der Waals surface area contributed by atoms with E-state index in [1.165, 1.54) is 0 Å². The molecule has 6 nitrogen and oxygen atoms in total. The van der Waals surface area contributed by atoms with E-state index in [0.29, 0.717) is 28.1 Å². The van der Waals surface area contributed by atoms with Gasteiger partial charge in [-0.05, 0) is 55.0 Å². The van der Waals surface area contributed by atoms with Gasteiger partial charge in [0, 0.05) is 0 Å². The molecule has 0 aliphatic heterocycles. The van der Waals surface area contributed by atoms with E-state index in [0.717, 1.165) is 11.8 Å². The average molecular weight is 411 g/mol. The smallest absolute Gasteiger partial charge is 0.262 e. The van der Waals surface area contributed by atoms with Crippen molar-refractivity contribution in [3.8, 4) is 0 Å². The van der Waals surface area contributed by atoms with Gasteiger partial charge in [0.2, 0.25) is 10.0 Å². The zero-order valence-corrected chi connectivity index (χ0v) is 18.0. The first-order chi connectivity index (χ1) is 12.3. The van der Waals surface area contributed by atoms with E-state index < -0.39 is 20.0 Å². The molecule has 0 saturated heterocycles. The van der Waals surface area contributed by atoms with Crippen LogP contribution in [0.15, 0.2) is 35.2 Å². The van der Waals surface area contributed by atoms with Crippen LogP contribution in [-0.2, 0) is 20.0 Å². The predicted molar refractivity (Wildman–Crippen MR) is 110 cm³/mol. The molecule has 0 aromatic heterocycles. The molecule has 0 amide bonds. The number of hydrogen-bond donors (Lipinski definition) is 2. The summed E-state index contributed by atoms with van der Waals surface area (Å²) in [6.07, 6.45) is 1.04. The topological polar surface area (TPSA) is 92.3 Å². The Hall–Kier alpha value is -2.06. The Bertz CT molecular complexity index is 1070. The first kappa shape index (κ1) is 21.2. The number of rotatable bonds is 6. The minimum Gasteiger partial charge on any atom is -0.283 e. The van der Waals surface area contributed by atoms with Gasteiger partial charge >= 0.3 is 0 Å². The quantitative estimate of drug-likeness (QED) is 0.755. The third kappa shape index (κ3) is 4.81. The molecule has 0 atom stereocenters. The van der Waals surface area contributed by atoms with Crippen molar-refractivity contribution >= 4 is 31.4 Å². The van der Waals surface area contributed by atoms with Gasteiger partial charge in [0.1, 0.15) is 0 Å². The fourth-order valence-electron chi connectivity index (χ4n) is 3.21. The summed E-state index contributed by atoms with van der Waals surface area (Å²) in [4.78, 5) is 0.0813. The molecule has 2 N–H and O–H groups in total. The molecule has 2 aromatic carbocycles. The second-order valence-electron chi connectivity index (χ2n) is 7.06. The van der Waals surface area contributed by atoms with Gasteiger partial charge in [-0.3, -0.25) is 9.44 Å². The highest BCUT2D eigenvalue weighted by atomic mass is 32.2. The van der Waals surface area contributed by atoms with Crippen molar-refractivity contribution in [2.75, 3.05) is 15.7 Å². The molecule has 0 aliphatic rings. The van der Waals surface area contributed by atoms with Gasteiger partial charge in [0.25, 0.3) is 10.0 Å². The van der Waals surface area contributed by atoms with Crippen LogP contribution in [0.25, 0.3) is 0 Å². The molecule has 0 heterocycles. The molecule has 0 fully saturated rings. The van der Waals surface area contributed by atoms with Crippen LogP contribution in [0, 0.1) is 20.8 Å². The van der Waals surface area contributed by atoms with Crippen LogP contribution >= 0.6 is 0 Å². The number of anilines is 2. The number of nitrogens with one attached hydrogen (secondary N) is 2. The Kier molecular flexibility index (Phi) is 5.91. The second kappa shape index (κ2) is 7.52. The molecular formula is C19H26N2O4S2. The van der Waals surface area contributed by atoms with Gasteiger partial charge < -0.3 is 0 Å². The van der Waals surface area contributed by atoms with Gasteiger partial charge in [-0.2, -0.15) is 0 Å². The summed E-state index contributed by atoms with van der Waals surface area (Å²) in [7, 11) is -7.45. The lowest BCUT2D eigenvalue weighted by atomic mass is 10.0. The second-order valence-corrected chi connectivity index (χ2v) is 10.4. The highest BCUT2D eigenvalue weighted by molar-refractivity contribution is 7.93. The van der Waals surface area contributed by atoms with Crippen molar-refractivity contribution in [2.45, 2.75) is 45.4 Å². The summed E-state index contributed by atoms with van der Waals surface area (Å²) < 4.78 is 54.8. The van der Waals surface area contributed by atoms with Crippen molar-refractivity contribution in [2.24, 2.45) is 0 Å². The summed E-state index contributed by atoms with van der Waals surface area (Å²) in [5, 5.41) is 0. The van der Waals surface area contributed by atoms with Crippen molar-refractivity contribution in [3.05, 3.63) is 52.6 Å². The standard InChI is InChI=1S/C19H26N2O4S2/c1-12(2)16-9-7-8-10-17(16)20-27(24,25)19-14(4)11-13(3)18(15(19)5)21-26(6,22)23/h7-12,20-21H,1-6H3. The molecule has 148 valence electrons. The number of aryl methyl sites for hydroxylation is 2. The molecule has 0 aliphatic carbocycles. The molecule has 27 heavy (non-hydrogen) atoms. The number of para-hydroxylation sites is 1. The first-order valence-corrected chi connectivity index (χ1v) is 11.9. The van der Waals surface area contributed by atoms with E-state index in [-0.39, 0.29) is 10.8 Å². The summed E-state index contributed by atoms with van der Waals surface area (Å²) in [6.45, 7) is 9.03. The highest BCUT2D eigenvalue weighted by Gasteiger charge is 2.25. The van der Waals surface area contributed by atoms with E-state index in [4.69, 9.17) is 0 Å². The third-order valence-electron chi connectivity index (χ3n) is 4.28. The fraction of sp³-hybridized carbons (Fsp3) is 0.368. The largest absolute Gasteiger partial charge is 0.283 e. The molecule has 0 spiro atoms. The van der Waals surface area contributed by atoms with E-state index in [1.807, 2.05) is 26.0 Å². The third-order valence-corrected chi connectivity index (χ3v) is 6.51. The molecule has 8 heteroatoms. The average Bonchev–Trinajstić information content (AvgIpc) is 2.50. The van der Waals surface area contributed by atoms with Gasteiger partial charge in [0.15, 0.2) is 0 Å². The van der Waals surface area contributed by atoms with E-state index in [2.05, 4.69) is 9.44 Å². The van der Waals surface area contributed by atoms with Crippen molar-refractivity contribution in [1.29, 1.82) is 0 Å². The lowest BCUT2D eigenvalue weighted by Gasteiger charge is -2.20. The minimum atomic E-state index is -3.91. The van der Waals surface area contributed by atoms with Crippen LogP contribution in [0.5, 0.6) is 0 Å². The maximum Gasteiger partial charge on any atom is 0.262 e. The van der Waals surface area contributed by atoms with Crippen LogP contribution in [0.2, 0.25) is 0 Å². The van der Waals surface area contributed by atoms with E-state index in [1.54, 1.807) is 39.0 Å². The first-order valence-electron chi connectivity index (χ1n) is 8.54. The lowest BCUT2D eigenvalue weighted by molar-refractivity contribution is 0.599. The van der Waals surface area contributed by atoms with Crippen LogP contribution in [0.3, 0.4) is 0 Å². The molecule has 2 aromatic rings. The Balaban J connectivity index is 2.62. The lowest BCUT2D eigenvalue weighted by Crippen LogP contribution is -2.19. The van der Waals surface area contributed by atoms with Crippen molar-refractivity contribution in [1.82, 2.24) is 0 Å². The van der Waals surface area contributed by atoms with Gasteiger partial charge in [-0.1, -0.05) is 38.1 Å². The number of hydrogen-bond acceptors (Lipinski definition) is 4. The Morgan fingerprint density at radius 2 is 1.48 bits per heavy atom. The number of sulfonamides is 2. The normalized spacial score (nSPS) is 12.3. The zero-order chi connectivity index (χ0) is 20.6. The maximum absolute atomic E-state index is 13.2. The molecule has 0 bridgehead atoms. The molecular weight excluding hydrogens is 384 g/mol. The van der Waals surface area contributed by atoms with Crippen molar-refractivity contribution < 1.29 is 16.8 Å². The molecule has 0 saturated carbocycles. The Morgan fingerprint density at radius 1 is 0.889 bits per heavy atom. The molecule has 2 rings (SSSR count). The summed E-state index contributed by atoms with van der Waals surface area (Å²) in [5.74, 6) is 0.145. The summed E-state index contributed by atoms with van der Waals surface area (Å²) >= 11 is 0. The Morgan fingerprint density at radius 3 is 2.04 bits per heavy atom. The summed E-state index contributed by atoms with van der Waals surface area (Å²) in [6, 6.07) is 8.91. The minimum absolute atomic E-state index is 0.0813. The van der Waals surface area contributed by atoms with Gasteiger partial charge in [0.05, 0.1) is 22.5 Å². The number of benzene rings is 2. The monoisotopic (exact) mass is 410 g/mol. The van der Waals surface area contributed by atoms with Crippen LogP contribution in [-0.4, -0.2) is 23.1 Å².